The van der Waals surface area contributed by atoms with Gasteiger partial charge in [-0.05, 0) is 93.2 Å². The summed E-state index contributed by atoms with van der Waals surface area (Å²) in [6.45, 7) is 6.31. The molecular weight excluding hydrogens is 399 g/mol. The fourth-order valence-corrected chi connectivity index (χ4v) is 6.34. The highest BCUT2D eigenvalue weighted by Gasteiger charge is 2.45. The van der Waals surface area contributed by atoms with Crippen LogP contribution in [-0.4, -0.2) is 12.1 Å². The lowest BCUT2D eigenvalue weighted by Gasteiger charge is -2.47. The molecule has 0 bridgehead atoms. The zero-order chi connectivity index (χ0) is 23.0. The zero-order valence-electron chi connectivity index (χ0n) is 20.8. The number of esters is 1. The maximum Gasteiger partial charge on any atom is 0.309 e. The van der Waals surface area contributed by atoms with Crippen molar-refractivity contribution in [2.45, 2.75) is 129 Å². The van der Waals surface area contributed by atoms with Crippen molar-refractivity contribution >= 4 is 5.97 Å². The lowest BCUT2D eigenvalue weighted by Crippen LogP contribution is -2.42. The predicted octanol–water partition coefficient (Wildman–Crippen LogP) is 8.30. The normalized spacial score (nSPS) is 25.4. The van der Waals surface area contributed by atoms with Crippen molar-refractivity contribution in [2.24, 2.45) is 11.8 Å². The number of hydrogen-bond acceptors (Lipinski definition) is 2. The molecule has 0 N–H and O–H groups in total. The summed E-state index contributed by atoms with van der Waals surface area (Å²) in [5.74, 6) is 0.575. The quantitative estimate of drug-likeness (QED) is 0.268. The Balaban J connectivity index is 1.75. The molecular formula is C29H45FO2. The van der Waals surface area contributed by atoms with E-state index in [-0.39, 0.29) is 29.2 Å². The first-order valence-corrected chi connectivity index (χ1v) is 13.5. The van der Waals surface area contributed by atoms with E-state index >= 15 is 4.39 Å². The standard InChI is InChI=1S/C29H45FO2/c1-4-6-8-12-23-15-16-26(21-27(23)30)29(25-13-9-7-10-14-25)19-17-24(18-20-29)28(31)32-22(3)11-5-2/h15-16,21-22,24-25H,4-14,17-20H2,1-3H3. The lowest BCUT2D eigenvalue weighted by atomic mass is 9.57. The molecule has 32 heavy (non-hydrogen) atoms. The van der Waals surface area contributed by atoms with Crippen molar-refractivity contribution in [1.82, 2.24) is 0 Å². The average molecular weight is 445 g/mol. The van der Waals surface area contributed by atoms with Crippen LogP contribution in [0.2, 0.25) is 0 Å². The van der Waals surface area contributed by atoms with Gasteiger partial charge in [0.15, 0.2) is 0 Å². The van der Waals surface area contributed by atoms with E-state index < -0.39 is 0 Å². The van der Waals surface area contributed by atoms with Crippen LogP contribution in [0.5, 0.6) is 0 Å². The van der Waals surface area contributed by atoms with Gasteiger partial charge < -0.3 is 4.74 Å². The number of benzene rings is 1. The van der Waals surface area contributed by atoms with Gasteiger partial charge in [0.05, 0.1) is 12.0 Å². The van der Waals surface area contributed by atoms with E-state index in [0.29, 0.717) is 5.92 Å². The van der Waals surface area contributed by atoms with Crippen LogP contribution in [0.3, 0.4) is 0 Å². The Labute approximate surface area is 195 Å². The molecule has 0 radical (unpaired) electrons. The Hall–Kier alpha value is -1.38. The van der Waals surface area contributed by atoms with E-state index in [1.807, 2.05) is 13.0 Å². The molecule has 0 amide bonds. The maximum absolute atomic E-state index is 15.1. The van der Waals surface area contributed by atoms with E-state index in [4.69, 9.17) is 4.74 Å². The Morgan fingerprint density at radius 3 is 2.41 bits per heavy atom. The lowest BCUT2D eigenvalue weighted by molar-refractivity contribution is -0.155. The summed E-state index contributed by atoms with van der Waals surface area (Å²) in [6.07, 6.45) is 16.2. The van der Waals surface area contributed by atoms with Crippen molar-refractivity contribution in [3.8, 4) is 0 Å². The fraction of sp³-hybridized carbons (Fsp3) is 0.759. The number of hydrogen-bond donors (Lipinski definition) is 0. The van der Waals surface area contributed by atoms with Crippen LogP contribution in [-0.2, 0) is 21.4 Å². The van der Waals surface area contributed by atoms with Crippen LogP contribution in [0.25, 0.3) is 0 Å². The summed E-state index contributed by atoms with van der Waals surface area (Å²) >= 11 is 0. The van der Waals surface area contributed by atoms with Crippen molar-refractivity contribution in [2.75, 3.05) is 0 Å². The van der Waals surface area contributed by atoms with E-state index in [1.54, 1.807) is 0 Å². The Bertz CT molecular complexity index is 714. The molecule has 3 heteroatoms. The number of carbonyl (C=O) groups excluding carboxylic acids is 1. The number of carbonyl (C=O) groups is 1. The molecule has 180 valence electrons. The fourth-order valence-electron chi connectivity index (χ4n) is 6.34. The minimum atomic E-state index is -0.0243. The highest BCUT2D eigenvalue weighted by atomic mass is 19.1. The molecule has 1 atom stereocenters. The van der Waals surface area contributed by atoms with Crippen molar-refractivity contribution in [3.63, 3.8) is 0 Å². The van der Waals surface area contributed by atoms with Crippen molar-refractivity contribution in [3.05, 3.63) is 35.1 Å². The molecule has 0 aromatic heterocycles. The summed E-state index contributed by atoms with van der Waals surface area (Å²) in [4.78, 5) is 12.7. The number of aryl methyl sites for hydroxylation is 1. The second kappa shape index (κ2) is 12.2. The molecule has 2 saturated carbocycles. The topological polar surface area (TPSA) is 26.3 Å². The predicted molar refractivity (Wildman–Crippen MR) is 130 cm³/mol. The third kappa shape index (κ3) is 6.14. The monoisotopic (exact) mass is 444 g/mol. The van der Waals surface area contributed by atoms with Gasteiger partial charge >= 0.3 is 5.97 Å². The van der Waals surface area contributed by atoms with Gasteiger partial charge in [-0.25, -0.2) is 4.39 Å². The molecule has 0 saturated heterocycles. The van der Waals surface area contributed by atoms with E-state index in [1.165, 1.54) is 37.7 Å². The van der Waals surface area contributed by atoms with Gasteiger partial charge in [0.1, 0.15) is 5.82 Å². The molecule has 2 nitrogen and oxygen atoms in total. The summed E-state index contributed by atoms with van der Waals surface area (Å²) < 4.78 is 20.8. The van der Waals surface area contributed by atoms with E-state index in [2.05, 4.69) is 26.0 Å². The zero-order valence-corrected chi connectivity index (χ0v) is 20.8. The smallest absolute Gasteiger partial charge is 0.309 e. The van der Waals surface area contributed by atoms with Crippen LogP contribution < -0.4 is 0 Å². The summed E-state index contributed by atoms with van der Waals surface area (Å²) in [5, 5.41) is 0. The van der Waals surface area contributed by atoms with Crippen LogP contribution >= 0.6 is 0 Å². The molecule has 1 unspecified atom stereocenters. The number of ether oxygens (including phenoxy) is 1. The van der Waals surface area contributed by atoms with Gasteiger partial charge in [0, 0.05) is 0 Å². The van der Waals surface area contributed by atoms with Gasteiger partial charge in [-0.1, -0.05) is 64.5 Å². The van der Waals surface area contributed by atoms with Crippen molar-refractivity contribution < 1.29 is 13.9 Å². The first-order valence-electron chi connectivity index (χ1n) is 13.5. The minimum Gasteiger partial charge on any atom is -0.462 e. The van der Waals surface area contributed by atoms with Gasteiger partial charge in [-0.3, -0.25) is 4.79 Å². The van der Waals surface area contributed by atoms with Gasteiger partial charge in [0.25, 0.3) is 0 Å². The maximum atomic E-state index is 15.1. The van der Waals surface area contributed by atoms with Crippen LogP contribution in [0.1, 0.15) is 122 Å². The van der Waals surface area contributed by atoms with E-state index in [9.17, 15) is 4.79 Å². The van der Waals surface area contributed by atoms with Gasteiger partial charge in [-0.15, -0.1) is 0 Å². The van der Waals surface area contributed by atoms with Crippen LogP contribution in [0.15, 0.2) is 18.2 Å². The number of halogens is 1. The third-order valence-electron chi connectivity index (χ3n) is 8.29. The average Bonchev–Trinajstić information content (AvgIpc) is 2.81. The molecule has 0 aliphatic heterocycles. The summed E-state index contributed by atoms with van der Waals surface area (Å²) in [7, 11) is 0. The molecule has 3 rings (SSSR count). The molecule has 2 aliphatic rings. The molecule has 1 aromatic rings. The minimum absolute atomic E-state index is 0.00388. The summed E-state index contributed by atoms with van der Waals surface area (Å²) in [6, 6.07) is 6.14. The van der Waals surface area contributed by atoms with E-state index in [0.717, 1.165) is 69.8 Å². The third-order valence-corrected chi connectivity index (χ3v) is 8.29. The molecule has 0 spiro atoms. The largest absolute Gasteiger partial charge is 0.462 e. The highest BCUT2D eigenvalue weighted by Crippen LogP contribution is 2.51. The molecule has 2 fully saturated rings. The Kier molecular flexibility index (Phi) is 9.61. The molecule has 2 aliphatic carbocycles. The van der Waals surface area contributed by atoms with Gasteiger partial charge in [-0.2, -0.15) is 0 Å². The van der Waals surface area contributed by atoms with Gasteiger partial charge in [0.2, 0.25) is 0 Å². The highest BCUT2D eigenvalue weighted by molar-refractivity contribution is 5.72. The number of rotatable bonds is 10. The van der Waals surface area contributed by atoms with Crippen LogP contribution in [0, 0.1) is 17.7 Å². The first kappa shape index (κ1) is 25.2. The SMILES string of the molecule is CCCCCc1ccc(C2(C3CCCCC3)CCC(C(=O)OC(C)CCC)CC2)cc1F. The number of unbranched alkanes of at least 4 members (excludes halogenated alkanes) is 2. The summed E-state index contributed by atoms with van der Waals surface area (Å²) in [5.41, 5.74) is 2.07. The second-order valence-electron chi connectivity index (χ2n) is 10.6. The second-order valence-corrected chi connectivity index (χ2v) is 10.6. The Morgan fingerprint density at radius 1 is 1.06 bits per heavy atom. The Morgan fingerprint density at radius 2 is 1.78 bits per heavy atom. The first-order chi connectivity index (χ1) is 15.5. The van der Waals surface area contributed by atoms with Crippen LogP contribution in [0.4, 0.5) is 4.39 Å². The van der Waals surface area contributed by atoms with Crippen molar-refractivity contribution in [1.29, 1.82) is 0 Å². The molecule has 1 aromatic carbocycles. The molecule has 0 heterocycles.